The zero-order valence-corrected chi connectivity index (χ0v) is 14.3. The average molecular weight is 300 g/mol. The Kier molecular flexibility index (Phi) is 4.92. The largest absolute Gasteiger partial charge is 0.487 e. The summed E-state index contributed by atoms with van der Waals surface area (Å²) in [6.07, 6.45) is 4.74. The van der Waals surface area contributed by atoms with Crippen LogP contribution in [0.25, 0.3) is 0 Å². The van der Waals surface area contributed by atoms with Gasteiger partial charge in [0.2, 0.25) is 0 Å². The highest BCUT2D eigenvalue weighted by Crippen LogP contribution is 2.40. The summed E-state index contributed by atoms with van der Waals surface area (Å²) < 4.78 is 5.87. The molecule has 2 nitrogen and oxygen atoms in total. The quantitative estimate of drug-likeness (QED) is 0.678. The number of ether oxygens (including phenoxy) is 1. The fourth-order valence-electron chi connectivity index (χ4n) is 2.45. The molecular formula is C18H24O2Si. The van der Waals surface area contributed by atoms with Gasteiger partial charge in [0.25, 0.3) is 0 Å². The van der Waals surface area contributed by atoms with Gasteiger partial charge in [0, 0.05) is 12.0 Å². The fourth-order valence-corrected chi connectivity index (χ4v) is 2.96. The molecule has 0 aliphatic carbocycles. The van der Waals surface area contributed by atoms with Gasteiger partial charge in [-0.25, -0.2) is 0 Å². The molecule has 0 unspecified atom stereocenters. The highest BCUT2D eigenvalue weighted by molar-refractivity contribution is 6.83. The number of benzene rings is 1. The highest BCUT2D eigenvalue weighted by Gasteiger charge is 2.33. The number of hydrogen-bond donors (Lipinski definition) is 1. The van der Waals surface area contributed by atoms with Gasteiger partial charge in [-0.3, -0.25) is 0 Å². The van der Waals surface area contributed by atoms with E-state index >= 15 is 0 Å². The average Bonchev–Trinajstić information content (AvgIpc) is 2.74. The van der Waals surface area contributed by atoms with Crippen molar-refractivity contribution in [2.75, 3.05) is 0 Å². The molecule has 21 heavy (non-hydrogen) atoms. The molecule has 1 aliphatic rings. The number of rotatable bonds is 3. The van der Waals surface area contributed by atoms with Crippen molar-refractivity contribution in [3.05, 3.63) is 41.5 Å². The maximum atomic E-state index is 10.5. The van der Waals surface area contributed by atoms with Crippen LogP contribution in [0.5, 0.6) is 5.75 Å². The van der Waals surface area contributed by atoms with Crippen LogP contribution in [-0.2, 0) is 6.42 Å². The summed E-state index contributed by atoms with van der Waals surface area (Å²) >= 11 is 0. The summed E-state index contributed by atoms with van der Waals surface area (Å²) in [5.74, 6) is 3.93. The minimum Gasteiger partial charge on any atom is -0.487 e. The maximum Gasteiger partial charge on any atom is 0.132 e. The highest BCUT2D eigenvalue weighted by atomic mass is 28.3. The third-order valence-corrected chi connectivity index (χ3v) is 4.37. The molecule has 1 heterocycles. The van der Waals surface area contributed by atoms with Crippen LogP contribution in [-0.4, -0.2) is 19.3 Å². The second-order valence-corrected chi connectivity index (χ2v) is 11.2. The first-order valence-corrected chi connectivity index (χ1v) is 11.1. The Balaban J connectivity index is 2.02. The molecule has 0 bridgehead atoms. The van der Waals surface area contributed by atoms with Crippen LogP contribution in [0.1, 0.15) is 30.6 Å². The van der Waals surface area contributed by atoms with Crippen LogP contribution in [0.4, 0.5) is 0 Å². The van der Waals surface area contributed by atoms with Crippen molar-refractivity contribution in [1.29, 1.82) is 0 Å². The lowest BCUT2D eigenvalue weighted by Crippen LogP contribution is -2.17. The Labute approximate surface area is 128 Å². The normalized spacial score (nSPS) is 20.8. The van der Waals surface area contributed by atoms with Crippen molar-refractivity contribution in [2.24, 2.45) is 0 Å². The summed E-state index contributed by atoms with van der Waals surface area (Å²) in [5, 5.41) is 10.5. The molecule has 112 valence electrons. The minimum absolute atomic E-state index is 0.197. The fraction of sp³-hybridized carbons (Fsp3) is 0.444. The zero-order valence-electron chi connectivity index (χ0n) is 13.3. The van der Waals surface area contributed by atoms with Crippen LogP contribution in [0.15, 0.2) is 30.4 Å². The van der Waals surface area contributed by atoms with Crippen LogP contribution >= 0.6 is 0 Å². The van der Waals surface area contributed by atoms with Crippen molar-refractivity contribution in [2.45, 2.75) is 51.6 Å². The van der Waals surface area contributed by atoms with Crippen molar-refractivity contribution >= 4 is 8.07 Å². The van der Waals surface area contributed by atoms with Gasteiger partial charge < -0.3 is 9.84 Å². The number of aryl methyl sites for hydroxylation is 1. The van der Waals surface area contributed by atoms with Gasteiger partial charge in [-0.1, -0.05) is 50.7 Å². The van der Waals surface area contributed by atoms with E-state index in [-0.39, 0.29) is 6.10 Å². The molecule has 0 saturated carbocycles. The van der Waals surface area contributed by atoms with E-state index in [4.69, 9.17) is 4.74 Å². The number of aliphatic hydroxyl groups excluding tert-OH is 1. The zero-order chi connectivity index (χ0) is 15.5. The van der Waals surface area contributed by atoms with E-state index in [0.29, 0.717) is 6.42 Å². The first kappa shape index (κ1) is 15.9. The third kappa shape index (κ3) is 4.00. The molecule has 1 aromatic rings. The molecular weight excluding hydrogens is 276 g/mol. The van der Waals surface area contributed by atoms with E-state index < -0.39 is 14.2 Å². The van der Waals surface area contributed by atoms with Crippen LogP contribution in [0, 0.1) is 11.5 Å². The molecule has 0 fully saturated rings. The molecule has 3 heteroatoms. The van der Waals surface area contributed by atoms with Crippen molar-refractivity contribution in [3.63, 3.8) is 0 Å². The summed E-state index contributed by atoms with van der Waals surface area (Å²) in [4.78, 5) is 0. The summed E-state index contributed by atoms with van der Waals surface area (Å²) in [6.45, 7) is 8.77. The standard InChI is InChI=1S/C18H24O2Si/c1-5-14-10-9-12-15-17(14)18(19)16(20-15)11-7-6-8-13-21(2,3)4/h6-7,9-10,12,16,18-19H,5,11H2,1-4H3/b7-6+/t16-,18+/m1/s1. The predicted octanol–water partition coefficient (Wildman–Crippen LogP) is 3.87. The maximum absolute atomic E-state index is 10.5. The molecule has 1 aliphatic heterocycles. The second kappa shape index (κ2) is 6.51. The van der Waals surface area contributed by atoms with Gasteiger partial charge in [0.1, 0.15) is 26.0 Å². The summed E-state index contributed by atoms with van der Waals surface area (Å²) in [6, 6.07) is 5.98. The molecule has 2 atom stereocenters. The van der Waals surface area contributed by atoms with Gasteiger partial charge in [0.15, 0.2) is 0 Å². The topological polar surface area (TPSA) is 29.5 Å². The Hall–Kier alpha value is -1.50. The van der Waals surface area contributed by atoms with E-state index in [2.05, 4.69) is 44.1 Å². The molecule has 0 saturated heterocycles. The monoisotopic (exact) mass is 300 g/mol. The summed E-state index contributed by atoms with van der Waals surface area (Å²) in [5.41, 5.74) is 5.43. The van der Waals surface area contributed by atoms with Gasteiger partial charge in [0.05, 0.1) is 0 Å². The van der Waals surface area contributed by atoms with E-state index in [1.54, 1.807) is 0 Å². The lowest BCUT2D eigenvalue weighted by molar-refractivity contribution is 0.0693. The van der Waals surface area contributed by atoms with Crippen LogP contribution in [0.2, 0.25) is 19.6 Å². The Morgan fingerprint density at radius 3 is 2.76 bits per heavy atom. The predicted molar refractivity (Wildman–Crippen MR) is 90.1 cm³/mol. The molecule has 0 radical (unpaired) electrons. The van der Waals surface area contributed by atoms with Crippen LogP contribution in [0.3, 0.4) is 0 Å². The third-order valence-electron chi connectivity index (χ3n) is 3.48. The van der Waals surface area contributed by atoms with Crippen molar-refractivity contribution in [3.8, 4) is 17.2 Å². The van der Waals surface area contributed by atoms with E-state index in [1.807, 2.05) is 24.3 Å². The Morgan fingerprint density at radius 1 is 1.33 bits per heavy atom. The van der Waals surface area contributed by atoms with Crippen molar-refractivity contribution < 1.29 is 9.84 Å². The smallest absolute Gasteiger partial charge is 0.132 e. The molecule has 0 aromatic heterocycles. The number of aliphatic hydroxyl groups is 1. The Bertz CT molecular complexity index is 587. The van der Waals surface area contributed by atoms with Gasteiger partial charge >= 0.3 is 0 Å². The first-order chi connectivity index (χ1) is 9.92. The van der Waals surface area contributed by atoms with Gasteiger partial charge in [-0.05, 0) is 24.1 Å². The minimum atomic E-state index is -1.31. The number of allylic oxidation sites excluding steroid dienone is 1. The Morgan fingerprint density at radius 2 is 2.10 bits per heavy atom. The van der Waals surface area contributed by atoms with Gasteiger partial charge in [-0.2, -0.15) is 0 Å². The second-order valence-electron chi connectivity index (χ2n) is 6.44. The number of fused-ring (bicyclic) bond motifs is 1. The molecule has 0 amide bonds. The van der Waals surface area contributed by atoms with E-state index in [1.165, 1.54) is 5.56 Å². The van der Waals surface area contributed by atoms with Gasteiger partial charge in [-0.15, -0.1) is 5.54 Å². The van der Waals surface area contributed by atoms with E-state index in [0.717, 1.165) is 17.7 Å². The molecule has 2 rings (SSSR count). The first-order valence-electron chi connectivity index (χ1n) is 7.56. The molecule has 1 aromatic carbocycles. The summed E-state index contributed by atoms with van der Waals surface area (Å²) in [7, 11) is -1.31. The SMILES string of the molecule is CCc1cccc2c1[C@@H](O)[C@@H](C/C=C/C#C[Si](C)(C)C)O2. The lowest BCUT2D eigenvalue weighted by atomic mass is 9.97. The molecule has 1 N–H and O–H groups in total. The lowest BCUT2D eigenvalue weighted by Gasteiger charge is -2.12. The van der Waals surface area contributed by atoms with Crippen molar-refractivity contribution in [1.82, 2.24) is 0 Å². The molecule has 0 spiro atoms. The number of hydrogen-bond acceptors (Lipinski definition) is 2. The van der Waals surface area contributed by atoms with Crippen LogP contribution < -0.4 is 4.74 Å². The van der Waals surface area contributed by atoms with E-state index in [9.17, 15) is 5.11 Å².